The maximum absolute atomic E-state index is 13.1. The zero-order valence-corrected chi connectivity index (χ0v) is 8.05. The quantitative estimate of drug-likeness (QED) is 0.762. The highest BCUT2D eigenvalue weighted by molar-refractivity contribution is 7.03. The van der Waals surface area contributed by atoms with E-state index < -0.39 is 5.82 Å². The molecule has 14 heavy (non-hydrogen) atoms. The molecule has 0 unspecified atom stereocenters. The van der Waals surface area contributed by atoms with Gasteiger partial charge in [0.1, 0.15) is 5.69 Å². The van der Waals surface area contributed by atoms with Gasteiger partial charge >= 0.3 is 0 Å². The molecule has 2 N–H and O–H groups in total. The van der Waals surface area contributed by atoms with E-state index >= 15 is 0 Å². The Morgan fingerprint density at radius 1 is 1.43 bits per heavy atom. The highest BCUT2D eigenvalue weighted by atomic mass is 32.1. The maximum Gasteiger partial charge on any atom is 0.186 e. The fourth-order valence-corrected chi connectivity index (χ4v) is 1.39. The van der Waals surface area contributed by atoms with Gasteiger partial charge in [-0.1, -0.05) is 4.49 Å². The van der Waals surface area contributed by atoms with Gasteiger partial charge in [-0.05, 0) is 18.5 Å². The molecule has 0 aliphatic carbocycles. The number of rotatable bonds is 1. The van der Waals surface area contributed by atoms with Gasteiger partial charge < -0.3 is 5.73 Å². The molecule has 0 saturated carbocycles. The monoisotopic (exact) mass is 211 g/mol. The van der Waals surface area contributed by atoms with Crippen LogP contribution in [-0.4, -0.2) is 19.6 Å². The van der Waals surface area contributed by atoms with Crippen LogP contribution in [0.2, 0.25) is 0 Å². The first-order chi connectivity index (χ1) is 6.68. The molecule has 0 aliphatic heterocycles. The molecule has 5 nitrogen and oxygen atoms in total. The van der Waals surface area contributed by atoms with Crippen molar-refractivity contribution in [2.75, 3.05) is 5.73 Å². The lowest BCUT2D eigenvalue weighted by atomic mass is 10.3. The largest absolute Gasteiger partial charge is 0.381 e. The summed E-state index contributed by atoms with van der Waals surface area (Å²) in [6.07, 6.45) is 0. The summed E-state index contributed by atoms with van der Waals surface area (Å²) < 4.78 is 16.7. The Morgan fingerprint density at radius 2 is 2.21 bits per heavy atom. The third-order valence-electron chi connectivity index (χ3n) is 1.63. The SMILES string of the molecule is Cc1nc(-c2csnn2)nc(N)c1F. The van der Waals surface area contributed by atoms with E-state index in [1.54, 1.807) is 5.38 Å². The summed E-state index contributed by atoms with van der Waals surface area (Å²) in [6.45, 7) is 1.52. The normalized spacial score (nSPS) is 10.4. The van der Waals surface area contributed by atoms with Gasteiger partial charge in [0, 0.05) is 5.38 Å². The molecule has 0 aliphatic rings. The van der Waals surface area contributed by atoms with E-state index in [1.165, 1.54) is 18.5 Å². The number of halogens is 1. The molecule has 7 heteroatoms. The van der Waals surface area contributed by atoms with Crippen LogP contribution in [0.5, 0.6) is 0 Å². The van der Waals surface area contributed by atoms with Crippen LogP contribution in [0.25, 0.3) is 11.5 Å². The van der Waals surface area contributed by atoms with Crippen molar-refractivity contribution in [1.29, 1.82) is 0 Å². The first kappa shape index (κ1) is 8.95. The van der Waals surface area contributed by atoms with E-state index in [0.717, 1.165) is 0 Å². The van der Waals surface area contributed by atoms with E-state index in [4.69, 9.17) is 5.73 Å². The second kappa shape index (κ2) is 3.26. The number of nitrogens with zero attached hydrogens (tertiary/aromatic N) is 4. The van der Waals surface area contributed by atoms with Gasteiger partial charge in [-0.25, -0.2) is 14.4 Å². The van der Waals surface area contributed by atoms with Crippen molar-refractivity contribution in [2.45, 2.75) is 6.92 Å². The zero-order chi connectivity index (χ0) is 10.1. The molecule has 0 amide bonds. The van der Waals surface area contributed by atoms with Crippen LogP contribution in [0.3, 0.4) is 0 Å². The van der Waals surface area contributed by atoms with Crippen LogP contribution < -0.4 is 5.73 Å². The average Bonchev–Trinajstić information content (AvgIpc) is 2.66. The summed E-state index contributed by atoms with van der Waals surface area (Å²) in [5.41, 5.74) is 6.07. The molecule has 2 rings (SSSR count). The van der Waals surface area contributed by atoms with Crippen LogP contribution in [0.4, 0.5) is 10.2 Å². The first-order valence-corrected chi connectivity index (χ1v) is 4.59. The zero-order valence-electron chi connectivity index (χ0n) is 7.23. The highest BCUT2D eigenvalue weighted by Crippen LogP contribution is 2.17. The minimum atomic E-state index is -0.586. The lowest BCUT2D eigenvalue weighted by Crippen LogP contribution is -2.03. The fraction of sp³-hybridized carbons (Fsp3) is 0.143. The number of aryl methyl sites for hydroxylation is 1. The van der Waals surface area contributed by atoms with Gasteiger partial charge in [-0.15, -0.1) is 5.10 Å². The van der Waals surface area contributed by atoms with Crippen LogP contribution in [0, 0.1) is 12.7 Å². The number of hydrogen-bond acceptors (Lipinski definition) is 6. The summed E-state index contributed by atoms with van der Waals surface area (Å²) in [7, 11) is 0. The lowest BCUT2D eigenvalue weighted by molar-refractivity contribution is 0.608. The van der Waals surface area contributed by atoms with Crippen molar-refractivity contribution in [3.63, 3.8) is 0 Å². The Kier molecular flexibility index (Phi) is 2.08. The van der Waals surface area contributed by atoms with Gasteiger partial charge in [-0.2, -0.15) is 0 Å². The van der Waals surface area contributed by atoms with Gasteiger partial charge in [0.2, 0.25) is 0 Å². The molecule has 0 saturated heterocycles. The predicted octanol–water partition coefficient (Wildman–Crippen LogP) is 1.02. The first-order valence-electron chi connectivity index (χ1n) is 3.75. The summed E-state index contributed by atoms with van der Waals surface area (Å²) >= 11 is 1.17. The highest BCUT2D eigenvalue weighted by Gasteiger charge is 2.11. The molecule has 0 aromatic carbocycles. The molecule has 0 atom stereocenters. The third kappa shape index (κ3) is 1.41. The van der Waals surface area contributed by atoms with E-state index in [9.17, 15) is 4.39 Å². The number of hydrogen-bond donors (Lipinski definition) is 1. The molecule has 0 fully saturated rings. The molecule has 0 radical (unpaired) electrons. The van der Waals surface area contributed by atoms with Crippen molar-refractivity contribution >= 4 is 17.4 Å². The Hall–Kier alpha value is -1.63. The number of aromatic nitrogens is 4. The molecule has 2 aromatic rings. The lowest BCUT2D eigenvalue weighted by Gasteiger charge is -2.01. The van der Waals surface area contributed by atoms with Crippen molar-refractivity contribution in [1.82, 2.24) is 19.6 Å². The number of nitrogens with two attached hydrogens (primary N) is 1. The van der Waals surface area contributed by atoms with Gasteiger partial charge in [0.05, 0.1) is 5.69 Å². The van der Waals surface area contributed by atoms with Gasteiger partial charge in [0.25, 0.3) is 0 Å². The second-order valence-electron chi connectivity index (χ2n) is 2.62. The molecular formula is C7H6FN5S. The van der Waals surface area contributed by atoms with Crippen molar-refractivity contribution in [3.8, 4) is 11.5 Å². The Balaban J connectivity index is 2.57. The maximum atomic E-state index is 13.1. The predicted molar refractivity (Wildman–Crippen MR) is 50.0 cm³/mol. The number of anilines is 1. The van der Waals surface area contributed by atoms with Crippen molar-refractivity contribution < 1.29 is 4.39 Å². The second-order valence-corrected chi connectivity index (χ2v) is 3.23. The van der Waals surface area contributed by atoms with Crippen LogP contribution in [0.1, 0.15) is 5.69 Å². The smallest absolute Gasteiger partial charge is 0.186 e. The Bertz CT molecular complexity index is 432. The summed E-state index contributed by atoms with van der Waals surface area (Å²) in [6, 6.07) is 0. The minimum Gasteiger partial charge on any atom is -0.381 e. The Labute approximate surface area is 83.0 Å². The molecular weight excluding hydrogens is 205 g/mol. The van der Waals surface area contributed by atoms with E-state index in [0.29, 0.717) is 11.5 Å². The summed E-state index contributed by atoms with van der Waals surface area (Å²) in [5.74, 6) is -0.451. The van der Waals surface area contributed by atoms with E-state index in [-0.39, 0.29) is 11.5 Å². The number of nitrogen functional groups attached to an aromatic ring is 1. The average molecular weight is 211 g/mol. The van der Waals surface area contributed by atoms with Gasteiger partial charge in [-0.3, -0.25) is 0 Å². The van der Waals surface area contributed by atoms with Crippen LogP contribution >= 0.6 is 11.5 Å². The van der Waals surface area contributed by atoms with E-state index in [2.05, 4.69) is 19.6 Å². The van der Waals surface area contributed by atoms with Crippen LogP contribution in [-0.2, 0) is 0 Å². The fourth-order valence-electron chi connectivity index (χ4n) is 0.958. The van der Waals surface area contributed by atoms with Crippen LogP contribution in [0.15, 0.2) is 5.38 Å². The van der Waals surface area contributed by atoms with Crippen molar-refractivity contribution in [2.24, 2.45) is 0 Å². The molecule has 0 spiro atoms. The molecule has 2 aromatic heterocycles. The standard InChI is InChI=1S/C7H6FN5S/c1-3-5(8)6(9)11-7(10-3)4-2-14-13-12-4/h2H,1H3,(H2,9,10,11). The molecule has 72 valence electrons. The topological polar surface area (TPSA) is 77.6 Å². The summed E-state index contributed by atoms with van der Waals surface area (Å²) in [5, 5.41) is 5.44. The summed E-state index contributed by atoms with van der Waals surface area (Å²) in [4.78, 5) is 7.69. The van der Waals surface area contributed by atoms with E-state index in [1.807, 2.05) is 0 Å². The Morgan fingerprint density at radius 3 is 2.79 bits per heavy atom. The molecule has 2 heterocycles. The van der Waals surface area contributed by atoms with Gasteiger partial charge in [0.15, 0.2) is 17.5 Å². The molecule has 0 bridgehead atoms. The van der Waals surface area contributed by atoms with Crippen molar-refractivity contribution in [3.05, 3.63) is 16.9 Å². The third-order valence-corrected chi connectivity index (χ3v) is 2.14. The minimum absolute atomic E-state index is 0.166.